The number of aliphatic imine (C=N–C) groups is 1. The van der Waals surface area contributed by atoms with Gasteiger partial charge in [0.15, 0.2) is 5.17 Å². The topological polar surface area (TPSA) is 41.9 Å². The molecule has 0 spiro atoms. The Balaban J connectivity index is 1.80. The fraction of sp³-hybridized carbons (Fsp3) is 0.412. The molecule has 1 fully saturated rings. The molecule has 1 amide bonds. The summed E-state index contributed by atoms with van der Waals surface area (Å²) < 4.78 is 6.32. The van der Waals surface area contributed by atoms with E-state index >= 15 is 0 Å². The van der Waals surface area contributed by atoms with Gasteiger partial charge in [-0.05, 0) is 48.9 Å². The van der Waals surface area contributed by atoms with Crippen LogP contribution in [0.1, 0.15) is 31.2 Å². The van der Waals surface area contributed by atoms with Gasteiger partial charge in [0.1, 0.15) is 5.75 Å². The van der Waals surface area contributed by atoms with E-state index in [2.05, 4.69) is 25.8 Å². The zero-order chi connectivity index (χ0) is 16.2. The number of thioether (sulfide) groups is 1. The molecule has 2 aliphatic rings. The highest BCUT2D eigenvalue weighted by atomic mass is 79.9. The Morgan fingerprint density at radius 1 is 1.26 bits per heavy atom. The van der Waals surface area contributed by atoms with Gasteiger partial charge < -0.3 is 9.64 Å². The Kier molecular flexibility index (Phi) is 5.43. The molecule has 0 bridgehead atoms. The molecule has 4 nitrogen and oxygen atoms in total. The van der Waals surface area contributed by atoms with Crippen molar-refractivity contribution in [1.29, 1.82) is 0 Å². The average Bonchev–Trinajstić information content (AvgIpc) is 2.76. The zero-order valence-electron chi connectivity index (χ0n) is 13.0. The monoisotopic (exact) mass is 394 g/mol. The lowest BCUT2D eigenvalue weighted by atomic mass is 10.2. The smallest absolute Gasteiger partial charge is 0.286 e. The molecule has 0 aliphatic carbocycles. The van der Waals surface area contributed by atoms with Gasteiger partial charge in [0.2, 0.25) is 0 Å². The molecule has 1 saturated heterocycles. The number of likely N-dealkylation sites (tertiary alicyclic amines) is 1. The second-order valence-electron chi connectivity index (χ2n) is 5.60. The lowest BCUT2D eigenvalue weighted by molar-refractivity contribution is -0.113. The standard InChI is InChI=1S/C17H19BrN2O2S/c1-22-14-7-6-13(18)10-12(14)11-15-16(21)19-17(23-15)20-8-4-2-3-5-9-20/h6-7,10-11H,2-5,8-9H2,1H3/b15-11+. The van der Waals surface area contributed by atoms with Crippen molar-refractivity contribution in [3.8, 4) is 5.75 Å². The highest BCUT2D eigenvalue weighted by molar-refractivity contribution is 9.10. The summed E-state index contributed by atoms with van der Waals surface area (Å²) in [5.74, 6) is 0.591. The summed E-state index contributed by atoms with van der Waals surface area (Å²) in [6.07, 6.45) is 6.74. The van der Waals surface area contributed by atoms with E-state index in [4.69, 9.17) is 4.74 Å². The van der Waals surface area contributed by atoms with E-state index in [1.54, 1.807) is 7.11 Å². The first-order chi connectivity index (χ1) is 11.2. The van der Waals surface area contributed by atoms with Crippen LogP contribution < -0.4 is 4.74 Å². The molecule has 0 saturated carbocycles. The second-order valence-corrected chi connectivity index (χ2v) is 7.52. The van der Waals surface area contributed by atoms with E-state index in [1.807, 2.05) is 24.3 Å². The van der Waals surface area contributed by atoms with E-state index in [-0.39, 0.29) is 5.91 Å². The van der Waals surface area contributed by atoms with Crippen molar-refractivity contribution < 1.29 is 9.53 Å². The SMILES string of the molecule is COc1ccc(Br)cc1/C=C1/SC(N2CCCCCC2)=NC1=O. The van der Waals surface area contributed by atoms with E-state index in [9.17, 15) is 4.79 Å². The van der Waals surface area contributed by atoms with Crippen LogP contribution in [0, 0.1) is 0 Å². The molecule has 0 unspecified atom stereocenters. The highest BCUT2D eigenvalue weighted by Crippen LogP contribution is 2.34. The number of ether oxygens (including phenoxy) is 1. The Hall–Kier alpha value is -1.27. The zero-order valence-corrected chi connectivity index (χ0v) is 15.5. The molecule has 122 valence electrons. The van der Waals surface area contributed by atoms with E-state index in [0.717, 1.165) is 34.0 Å². The van der Waals surface area contributed by atoms with Gasteiger partial charge >= 0.3 is 0 Å². The van der Waals surface area contributed by atoms with Crippen molar-refractivity contribution in [2.24, 2.45) is 4.99 Å². The third-order valence-corrected chi connectivity index (χ3v) is 5.50. The number of carbonyl (C=O) groups is 1. The summed E-state index contributed by atoms with van der Waals surface area (Å²) in [5, 5.41) is 0.845. The van der Waals surface area contributed by atoms with Crippen LogP contribution in [0.15, 0.2) is 32.6 Å². The van der Waals surface area contributed by atoms with Crippen LogP contribution in [0.4, 0.5) is 0 Å². The normalized spacial score (nSPS) is 20.6. The summed E-state index contributed by atoms with van der Waals surface area (Å²) in [4.78, 5) is 19.4. The molecule has 3 rings (SSSR count). The van der Waals surface area contributed by atoms with E-state index < -0.39 is 0 Å². The average molecular weight is 395 g/mol. The maximum Gasteiger partial charge on any atom is 0.286 e. The number of amides is 1. The van der Waals surface area contributed by atoms with E-state index in [1.165, 1.54) is 37.4 Å². The third-order valence-electron chi connectivity index (χ3n) is 3.96. The van der Waals surface area contributed by atoms with Crippen molar-refractivity contribution in [2.45, 2.75) is 25.7 Å². The number of benzene rings is 1. The minimum atomic E-state index is -0.156. The van der Waals surface area contributed by atoms with Crippen molar-refractivity contribution in [3.63, 3.8) is 0 Å². The molecule has 1 aromatic rings. The van der Waals surface area contributed by atoms with Crippen molar-refractivity contribution in [3.05, 3.63) is 33.1 Å². The maximum absolute atomic E-state index is 12.2. The van der Waals surface area contributed by atoms with Crippen LogP contribution in [-0.4, -0.2) is 36.2 Å². The molecule has 2 aliphatic heterocycles. The number of hydrogen-bond donors (Lipinski definition) is 0. The summed E-state index contributed by atoms with van der Waals surface area (Å²) in [6.45, 7) is 1.99. The number of carbonyl (C=O) groups excluding carboxylic acids is 1. The van der Waals surface area contributed by atoms with Gasteiger partial charge in [-0.15, -0.1) is 0 Å². The molecule has 23 heavy (non-hydrogen) atoms. The first-order valence-electron chi connectivity index (χ1n) is 7.78. The van der Waals surface area contributed by atoms with Crippen LogP contribution in [0.25, 0.3) is 6.08 Å². The van der Waals surface area contributed by atoms with Gasteiger partial charge in [-0.3, -0.25) is 4.79 Å². The Bertz CT molecular complexity index is 665. The van der Waals surface area contributed by atoms with Gasteiger partial charge in [0.05, 0.1) is 12.0 Å². The van der Waals surface area contributed by atoms with Crippen molar-refractivity contribution >= 4 is 44.8 Å². The number of nitrogens with zero attached hydrogens (tertiary/aromatic N) is 2. The van der Waals surface area contributed by atoms with Crippen LogP contribution in [-0.2, 0) is 4.79 Å². The first-order valence-corrected chi connectivity index (χ1v) is 9.39. The predicted octanol–water partition coefficient (Wildman–Crippen LogP) is 4.30. The first kappa shape index (κ1) is 16.6. The summed E-state index contributed by atoms with van der Waals surface area (Å²) >= 11 is 4.93. The Morgan fingerprint density at radius 2 is 2.00 bits per heavy atom. The van der Waals surface area contributed by atoms with Gasteiger partial charge in [0.25, 0.3) is 5.91 Å². The lowest BCUT2D eigenvalue weighted by Gasteiger charge is -2.20. The van der Waals surface area contributed by atoms with Crippen LogP contribution >= 0.6 is 27.7 Å². The molecule has 0 N–H and O–H groups in total. The summed E-state index contributed by atoms with van der Waals surface area (Å²) in [5.41, 5.74) is 0.880. The van der Waals surface area contributed by atoms with Gasteiger partial charge in [-0.2, -0.15) is 4.99 Å². The lowest BCUT2D eigenvalue weighted by Crippen LogP contribution is -2.28. The minimum absolute atomic E-state index is 0.156. The second kappa shape index (κ2) is 7.53. The molecular formula is C17H19BrN2O2S. The Morgan fingerprint density at radius 3 is 2.70 bits per heavy atom. The molecule has 2 heterocycles. The fourth-order valence-corrected chi connectivity index (χ4v) is 4.09. The molecule has 0 radical (unpaired) electrons. The molecule has 6 heteroatoms. The molecule has 0 atom stereocenters. The van der Waals surface area contributed by atoms with Crippen LogP contribution in [0.5, 0.6) is 5.75 Å². The minimum Gasteiger partial charge on any atom is -0.496 e. The molecular weight excluding hydrogens is 376 g/mol. The van der Waals surface area contributed by atoms with Crippen LogP contribution in [0.2, 0.25) is 0 Å². The number of halogens is 1. The number of methoxy groups -OCH3 is 1. The number of amidine groups is 1. The largest absolute Gasteiger partial charge is 0.496 e. The number of rotatable bonds is 2. The predicted molar refractivity (Wildman–Crippen MR) is 98.7 cm³/mol. The highest BCUT2D eigenvalue weighted by Gasteiger charge is 2.26. The summed E-state index contributed by atoms with van der Waals surface area (Å²) in [7, 11) is 1.63. The van der Waals surface area contributed by atoms with Crippen molar-refractivity contribution in [1.82, 2.24) is 4.90 Å². The summed E-state index contributed by atoms with van der Waals surface area (Å²) in [6, 6.07) is 5.75. The van der Waals surface area contributed by atoms with Gasteiger partial charge in [0, 0.05) is 23.1 Å². The van der Waals surface area contributed by atoms with E-state index in [0.29, 0.717) is 4.91 Å². The third kappa shape index (κ3) is 3.98. The molecule has 0 aromatic heterocycles. The quantitative estimate of drug-likeness (QED) is 0.701. The molecule has 1 aromatic carbocycles. The van der Waals surface area contributed by atoms with Gasteiger partial charge in [-0.25, -0.2) is 0 Å². The van der Waals surface area contributed by atoms with Crippen molar-refractivity contribution in [2.75, 3.05) is 20.2 Å². The fourth-order valence-electron chi connectivity index (χ4n) is 2.75. The van der Waals surface area contributed by atoms with Gasteiger partial charge in [-0.1, -0.05) is 28.8 Å². The maximum atomic E-state index is 12.2. The van der Waals surface area contributed by atoms with Crippen LogP contribution in [0.3, 0.4) is 0 Å². The Labute approximate surface area is 149 Å². The number of hydrogen-bond acceptors (Lipinski definition) is 4.